The highest BCUT2D eigenvalue weighted by molar-refractivity contribution is 7.99. The monoisotopic (exact) mass is 181 g/mol. The number of hydrogen-bond acceptors (Lipinski definition) is 2. The number of nitrogen functional groups attached to an aromatic ring is 1. The third-order valence-electron chi connectivity index (χ3n) is 1.79. The van der Waals surface area contributed by atoms with Crippen molar-refractivity contribution in [3.8, 4) is 0 Å². The van der Waals surface area contributed by atoms with Crippen molar-refractivity contribution in [2.75, 3.05) is 5.73 Å². The Bertz CT molecular complexity index is 230. The number of rotatable bonds is 3. The number of benzene rings is 1. The van der Waals surface area contributed by atoms with Gasteiger partial charge in [-0.3, -0.25) is 0 Å². The maximum atomic E-state index is 5.58. The highest BCUT2D eigenvalue weighted by atomic mass is 32.2. The van der Waals surface area contributed by atoms with Gasteiger partial charge in [0.1, 0.15) is 0 Å². The Kier molecular flexibility index (Phi) is 3.48. The van der Waals surface area contributed by atoms with Crippen LogP contribution >= 0.6 is 11.8 Å². The van der Waals surface area contributed by atoms with Crippen LogP contribution in [0.2, 0.25) is 0 Å². The van der Waals surface area contributed by atoms with E-state index in [0.717, 1.165) is 5.69 Å². The summed E-state index contributed by atoms with van der Waals surface area (Å²) in [5.41, 5.74) is 6.42. The minimum Gasteiger partial charge on any atom is -0.399 e. The van der Waals surface area contributed by atoms with E-state index in [-0.39, 0.29) is 0 Å². The smallest absolute Gasteiger partial charge is 0.0314 e. The van der Waals surface area contributed by atoms with Crippen molar-refractivity contribution in [3.05, 3.63) is 24.3 Å². The van der Waals surface area contributed by atoms with Crippen molar-refractivity contribution in [2.45, 2.75) is 30.4 Å². The van der Waals surface area contributed by atoms with Crippen LogP contribution in [0.1, 0.15) is 20.3 Å². The largest absolute Gasteiger partial charge is 0.399 e. The van der Waals surface area contributed by atoms with Gasteiger partial charge in [0.15, 0.2) is 0 Å². The first-order chi connectivity index (χ1) is 5.72. The fourth-order valence-corrected chi connectivity index (χ4v) is 1.79. The zero-order valence-corrected chi connectivity index (χ0v) is 8.40. The van der Waals surface area contributed by atoms with Crippen LogP contribution in [-0.4, -0.2) is 5.25 Å². The fourth-order valence-electron chi connectivity index (χ4n) is 0.862. The second-order valence-electron chi connectivity index (χ2n) is 2.91. The topological polar surface area (TPSA) is 26.0 Å². The van der Waals surface area contributed by atoms with Crippen molar-refractivity contribution in [2.24, 2.45) is 0 Å². The third kappa shape index (κ3) is 2.78. The molecule has 0 fully saturated rings. The Labute approximate surface area is 78.4 Å². The molecule has 12 heavy (non-hydrogen) atoms. The number of hydrogen-bond donors (Lipinski definition) is 1. The molecular weight excluding hydrogens is 166 g/mol. The van der Waals surface area contributed by atoms with Crippen molar-refractivity contribution in [1.82, 2.24) is 0 Å². The molecule has 0 amide bonds. The van der Waals surface area contributed by atoms with E-state index in [1.165, 1.54) is 11.3 Å². The van der Waals surface area contributed by atoms with Crippen LogP contribution in [0.4, 0.5) is 5.69 Å². The van der Waals surface area contributed by atoms with Crippen molar-refractivity contribution in [1.29, 1.82) is 0 Å². The molecule has 2 heteroatoms. The summed E-state index contributed by atoms with van der Waals surface area (Å²) < 4.78 is 0. The molecule has 0 aliphatic heterocycles. The minimum atomic E-state index is 0.689. The van der Waals surface area contributed by atoms with Gasteiger partial charge in [0.2, 0.25) is 0 Å². The third-order valence-corrected chi connectivity index (χ3v) is 3.07. The van der Waals surface area contributed by atoms with Gasteiger partial charge in [-0.25, -0.2) is 0 Å². The highest BCUT2D eigenvalue weighted by Gasteiger charge is 2.00. The van der Waals surface area contributed by atoms with Gasteiger partial charge in [-0.05, 0) is 30.7 Å². The van der Waals surface area contributed by atoms with Crippen molar-refractivity contribution in [3.63, 3.8) is 0 Å². The molecule has 1 nitrogen and oxygen atoms in total. The zero-order chi connectivity index (χ0) is 8.97. The fraction of sp³-hybridized carbons (Fsp3) is 0.400. The molecule has 1 rings (SSSR count). The van der Waals surface area contributed by atoms with Crippen molar-refractivity contribution < 1.29 is 0 Å². The van der Waals surface area contributed by atoms with Crippen LogP contribution < -0.4 is 5.73 Å². The zero-order valence-electron chi connectivity index (χ0n) is 7.58. The highest BCUT2D eigenvalue weighted by Crippen LogP contribution is 2.25. The quantitative estimate of drug-likeness (QED) is 0.572. The van der Waals surface area contributed by atoms with Gasteiger partial charge >= 0.3 is 0 Å². The summed E-state index contributed by atoms with van der Waals surface area (Å²) in [4.78, 5) is 1.30. The van der Waals surface area contributed by atoms with E-state index >= 15 is 0 Å². The maximum absolute atomic E-state index is 5.58. The summed E-state index contributed by atoms with van der Waals surface area (Å²) in [5, 5.41) is 0.689. The molecule has 0 aliphatic rings. The molecule has 0 radical (unpaired) electrons. The maximum Gasteiger partial charge on any atom is 0.0314 e. The molecule has 0 aliphatic carbocycles. The Balaban J connectivity index is 2.58. The van der Waals surface area contributed by atoms with Crippen LogP contribution in [0, 0.1) is 0 Å². The molecule has 0 saturated heterocycles. The van der Waals surface area contributed by atoms with E-state index in [1.807, 2.05) is 23.9 Å². The molecule has 66 valence electrons. The molecule has 2 N–H and O–H groups in total. The molecule has 1 atom stereocenters. The van der Waals surface area contributed by atoms with Gasteiger partial charge < -0.3 is 5.73 Å². The van der Waals surface area contributed by atoms with Crippen LogP contribution in [0.15, 0.2) is 29.2 Å². The first kappa shape index (κ1) is 9.46. The van der Waals surface area contributed by atoms with Gasteiger partial charge in [0.05, 0.1) is 0 Å². The second kappa shape index (κ2) is 4.41. The predicted octanol–water partition coefficient (Wildman–Crippen LogP) is 3.16. The molecular formula is C10H15NS. The van der Waals surface area contributed by atoms with E-state index in [9.17, 15) is 0 Å². The average Bonchev–Trinajstić information content (AvgIpc) is 2.09. The summed E-state index contributed by atoms with van der Waals surface area (Å²) in [5.74, 6) is 0. The van der Waals surface area contributed by atoms with Gasteiger partial charge in [-0.15, -0.1) is 11.8 Å². The van der Waals surface area contributed by atoms with E-state index in [1.54, 1.807) is 0 Å². The minimum absolute atomic E-state index is 0.689. The molecule has 0 spiro atoms. The Morgan fingerprint density at radius 3 is 2.42 bits per heavy atom. The van der Waals surface area contributed by atoms with Crippen LogP contribution in [0.3, 0.4) is 0 Å². The van der Waals surface area contributed by atoms with E-state index in [4.69, 9.17) is 5.73 Å². The lowest BCUT2D eigenvalue weighted by Gasteiger charge is -2.07. The van der Waals surface area contributed by atoms with Crippen LogP contribution in [0.5, 0.6) is 0 Å². The van der Waals surface area contributed by atoms with Gasteiger partial charge in [-0.2, -0.15) is 0 Å². The second-order valence-corrected chi connectivity index (χ2v) is 4.42. The summed E-state index contributed by atoms with van der Waals surface area (Å²) in [6.07, 6.45) is 1.20. The molecule has 0 aromatic heterocycles. The predicted molar refractivity (Wildman–Crippen MR) is 56.5 cm³/mol. The van der Waals surface area contributed by atoms with E-state index in [0.29, 0.717) is 5.25 Å². The number of nitrogens with two attached hydrogens (primary N) is 1. The molecule has 1 unspecified atom stereocenters. The molecule has 0 bridgehead atoms. The molecule has 0 heterocycles. The number of thioether (sulfide) groups is 1. The molecule has 1 aromatic rings. The lowest BCUT2D eigenvalue weighted by atomic mass is 10.3. The first-order valence-corrected chi connectivity index (χ1v) is 5.12. The Morgan fingerprint density at radius 2 is 1.92 bits per heavy atom. The van der Waals surface area contributed by atoms with Crippen LogP contribution in [-0.2, 0) is 0 Å². The van der Waals surface area contributed by atoms with Gasteiger partial charge in [0.25, 0.3) is 0 Å². The lowest BCUT2D eigenvalue weighted by Crippen LogP contribution is -1.91. The normalized spacial score (nSPS) is 12.8. The first-order valence-electron chi connectivity index (χ1n) is 4.24. The lowest BCUT2D eigenvalue weighted by molar-refractivity contribution is 0.906. The summed E-state index contributed by atoms with van der Waals surface area (Å²) in [6.45, 7) is 4.44. The Morgan fingerprint density at radius 1 is 1.33 bits per heavy atom. The molecule has 1 aromatic carbocycles. The standard InChI is InChI=1S/C10H15NS/c1-3-8(2)12-10-6-4-9(11)5-7-10/h4-8H,3,11H2,1-2H3. The van der Waals surface area contributed by atoms with E-state index < -0.39 is 0 Å². The summed E-state index contributed by atoms with van der Waals surface area (Å²) >= 11 is 1.90. The van der Waals surface area contributed by atoms with E-state index in [2.05, 4.69) is 26.0 Å². The van der Waals surface area contributed by atoms with Crippen LogP contribution in [0.25, 0.3) is 0 Å². The Hall–Kier alpha value is -0.630. The SMILES string of the molecule is CCC(C)Sc1ccc(N)cc1. The van der Waals surface area contributed by atoms with Crippen molar-refractivity contribution >= 4 is 17.4 Å². The summed E-state index contributed by atoms with van der Waals surface area (Å²) in [6, 6.07) is 8.05. The molecule has 0 saturated carbocycles. The van der Waals surface area contributed by atoms with Gasteiger partial charge in [-0.1, -0.05) is 13.8 Å². The average molecular weight is 181 g/mol. The summed E-state index contributed by atoms with van der Waals surface area (Å²) in [7, 11) is 0. The van der Waals surface area contributed by atoms with Gasteiger partial charge in [0, 0.05) is 15.8 Å². The number of anilines is 1.